The minimum absolute atomic E-state index is 0.0979. The molecule has 0 bridgehead atoms. The maximum atomic E-state index is 12.9. The van der Waals surface area contributed by atoms with Crippen molar-refractivity contribution >= 4 is 17.9 Å². The van der Waals surface area contributed by atoms with Crippen LogP contribution in [0.1, 0.15) is 271 Å². The molecule has 0 N–H and O–H groups in total. The summed E-state index contributed by atoms with van der Waals surface area (Å²) in [6.45, 7) is 6.37. The number of esters is 3. The second kappa shape index (κ2) is 63.1. The zero-order valence-electron chi connectivity index (χ0n) is 49.2. The summed E-state index contributed by atoms with van der Waals surface area (Å²) in [6, 6.07) is 0. The van der Waals surface area contributed by atoms with E-state index in [2.05, 4.69) is 154 Å². The van der Waals surface area contributed by atoms with Crippen molar-refractivity contribution in [3.63, 3.8) is 0 Å². The van der Waals surface area contributed by atoms with Gasteiger partial charge in [0.1, 0.15) is 13.2 Å². The lowest BCUT2D eigenvalue weighted by atomic mass is 10.1. The molecular formula is C70H114O6. The molecule has 0 aliphatic rings. The van der Waals surface area contributed by atoms with Crippen LogP contribution in [0.15, 0.2) is 134 Å². The highest BCUT2D eigenvalue weighted by atomic mass is 16.6. The van der Waals surface area contributed by atoms with E-state index in [-0.39, 0.29) is 31.1 Å². The van der Waals surface area contributed by atoms with Gasteiger partial charge in [-0.15, -0.1) is 0 Å². The Labute approximate surface area is 468 Å². The fraction of sp³-hybridized carbons (Fsp3) is 0.643. The van der Waals surface area contributed by atoms with E-state index in [4.69, 9.17) is 14.2 Å². The average molecular weight is 1050 g/mol. The molecule has 0 fully saturated rings. The van der Waals surface area contributed by atoms with E-state index in [0.717, 1.165) is 161 Å². The van der Waals surface area contributed by atoms with Gasteiger partial charge in [0.15, 0.2) is 6.10 Å². The highest BCUT2D eigenvalue weighted by Gasteiger charge is 2.19. The zero-order valence-corrected chi connectivity index (χ0v) is 49.2. The normalized spacial score (nSPS) is 13.0. The van der Waals surface area contributed by atoms with Gasteiger partial charge < -0.3 is 14.2 Å². The molecule has 0 spiro atoms. The van der Waals surface area contributed by atoms with Crippen LogP contribution in [0.25, 0.3) is 0 Å². The quantitative estimate of drug-likeness (QED) is 0.0261. The van der Waals surface area contributed by atoms with Gasteiger partial charge in [-0.25, -0.2) is 0 Å². The van der Waals surface area contributed by atoms with Crippen LogP contribution < -0.4 is 0 Å². The van der Waals surface area contributed by atoms with Crippen LogP contribution in [0.5, 0.6) is 0 Å². The van der Waals surface area contributed by atoms with Crippen molar-refractivity contribution in [3.8, 4) is 0 Å². The third-order valence-corrected chi connectivity index (χ3v) is 12.9. The number of rotatable bonds is 55. The van der Waals surface area contributed by atoms with Crippen molar-refractivity contribution in [1.82, 2.24) is 0 Å². The lowest BCUT2D eigenvalue weighted by Crippen LogP contribution is -2.30. The average Bonchev–Trinajstić information content (AvgIpc) is 3.42. The molecule has 0 saturated heterocycles. The molecule has 430 valence electrons. The molecule has 0 aromatic rings. The van der Waals surface area contributed by atoms with Crippen molar-refractivity contribution in [2.24, 2.45) is 0 Å². The number of hydrogen-bond acceptors (Lipinski definition) is 6. The number of ether oxygens (including phenoxy) is 3. The van der Waals surface area contributed by atoms with E-state index >= 15 is 0 Å². The second-order valence-electron chi connectivity index (χ2n) is 20.2. The molecule has 0 heterocycles. The summed E-state index contributed by atoms with van der Waals surface area (Å²) in [5.74, 6) is -0.934. The largest absolute Gasteiger partial charge is 0.462 e. The molecule has 1 atom stereocenters. The zero-order chi connectivity index (χ0) is 55.0. The molecule has 0 radical (unpaired) electrons. The maximum Gasteiger partial charge on any atom is 0.306 e. The molecule has 6 nitrogen and oxygen atoms in total. The molecule has 76 heavy (non-hydrogen) atoms. The Kier molecular flexibility index (Phi) is 59.4. The minimum atomic E-state index is -0.802. The summed E-state index contributed by atoms with van der Waals surface area (Å²) in [5.41, 5.74) is 0. The first-order valence-corrected chi connectivity index (χ1v) is 31.2. The molecule has 0 aromatic carbocycles. The first kappa shape index (κ1) is 71.5. The van der Waals surface area contributed by atoms with Gasteiger partial charge in [-0.05, 0) is 135 Å². The van der Waals surface area contributed by atoms with Crippen molar-refractivity contribution in [2.75, 3.05) is 13.2 Å². The number of carbonyl (C=O) groups excluding carboxylic acids is 3. The Morgan fingerprint density at radius 1 is 0.276 bits per heavy atom. The molecule has 0 rings (SSSR count). The fourth-order valence-electron chi connectivity index (χ4n) is 8.25. The summed E-state index contributed by atoms with van der Waals surface area (Å²) >= 11 is 0. The highest BCUT2D eigenvalue weighted by molar-refractivity contribution is 5.71. The van der Waals surface area contributed by atoms with Gasteiger partial charge in [0.05, 0.1) is 0 Å². The second-order valence-corrected chi connectivity index (χ2v) is 20.2. The van der Waals surface area contributed by atoms with Gasteiger partial charge in [-0.1, -0.05) is 251 Å². The van der Waals surface area contributed by atoms with Crippen molar-refractivity contribution in [3.05, 3.63) is 134 Å². The summed E-state index contributed by atoms with van der Waals surface area (Å²) in [4.78, 5) is 38.3. The Morgan fingerprint density at radius 3 is 0.803 bits per heavy atom. The Hall–Kier alpha value is -4.45. The highest BCUT2D eigenvalue weighted by Crippen LogP contribution is 2.14. The number of allylic oxidation sites excluding steroid dienone is 22. The van der Waals surface area contributed by atoms with Crippen molar-refractivity contribution in [1.29, 1.82) is 0 Å². The SMILES string of the molecule is CC/C=C\C/C=C\C/C=C\C/C=C\C/C=C\C/C=C\CCCCCCCCC(=O)OCC(COC(=O)CCCCCCC/C=C\C/C=C\CCCCCC)OC(=O)CCCCCCCCC/C=C\C/C=C\C/C=C\CC. The number of carbonyl (C=O) groups is 3. The van der Waals surface area contributed by atoms with Gasteiger partial charge in [0.2, 0.25) is 0 Å². The topological polar surface area (TPSA) is 78.9 Å². The monoisotopic (exact) mass is 1050 g/mol. The van der Waals surface area contributed by atoms with Crippen LogP contribution in [-0.2, 0) is 28.6 Å². The third-order valence-electron chi connectivity index (χ3n) is 12.9. The molecule has 1 unspecified atom stereocenters. The Morgan fingerprint density at radius 2 is 0.513 bits per heavy atom. The van der Waals surface area contributed by atoms with Crippen LogP contribution in [0.4, 0.5) is 0 Å². The van der Waals surface area contributed by atoms with Gasteiger partial charge in [-0.2, -0.15) is 0 Å². The summed E-state index contributed by atoms with van der Waals surface area (Å²) in [5, 5.41) is 0. The van der Waals surface area contributed by atoms with Crippen molar-refractivity contribution < 1.29 is 28.6 Å². The van der Waals surface area contributed by atoms with Gasteiger partial charge in [0, 0.05) is 19.3 Å². The molecule has 0 saturated carbocycles. The number of unbranched alkanes of at least 4 members (excludes halogenated alkanes) is 22. The third kappa shape index (κ3) is 60.4. The van der Waals surface area contributed by atoms with Gasteiger partial charge >= 0.3 is 17.9 Å². The number of hydrogen-bond donors (Lipinski definition) is 0. The lowest BCUT2D eigenvalue weighted by molar-refractivity contribution is -0.167. The van der Waals surface area contributed by atoms with E-state index in [0.29, 0.717) is 19.3 Å². The molecule has 0 aromatic heterocycles. The van der Waals surface area contributed by atoms with Crippen LogP contribution in [0.3, 0.4) is 0 Å². The lowest BCUT2D eigenvalue weighted by Gasteiger charge is -2.18. The Balaban J connectivity index is 4.44. The van der Waals surface area contributed by atoms with Crippen LogP contribution >= 0.6 is 0 Å². The van der Waals surface area contributed by atoms with E-state index in [9.17, 15) is 14.4 Å². The van der Waals surface area contributed by atoms with E-state index in [1.807, 2.05) is 0 Å². The predicted octanol–water partition coefficient (Wildman–Crippen LogP) is 21.4. The van der Waals surface area contributed by atoms with Crippen LogP contribution in [-0.4, -0.2) is 37.2 Å². The van der Waals surface area contributed by atoms with E-state index in [1.165, 1.54) is 70.6 Å². The fourth-order valence-corrected chi connectivity index (χ4v) is 8.25. The maximum absolute atomic E-state index is 12.9. The van der Waals surface area contributed by atoms with E-state index in [1.54, 1.807) is 0 Å². The first-order chi connectivity index (χ1) is 37.5. The van der Waals surface area contributed by atoms with Crippen LogP contribution in [0, 0.1) is 0 Å². The summed E-state index contributed by atoms with van der Waals surface area (Å²) in [7, 11) is 0. The molecule has 6 heteroatoms. The van der Waals surface area contributed by atoms with Crippen molar-refractivity contribution in [2.45, 2.75) is 277 Å². The van der Waals surface area contributed by atoms with Gasteiger partial charge in [0.25, 0.3) is 0 Å². The summed E-state index contributed by atoms with van der Waals surface area (Å²) < 4.78 is 16.9. The Bertz CT molecular complexity index is 1630. The van der Waals surface area contributed by atoms with E-state index < -0.39 is 6.10 Å². The van der Waals surface area contributed by atoms with Crippen LogP contribution in [0.2, 0.25) is 0 Å². The molecule has 0 aliphatic carbocycles. The molecule has 0 aliphatic heterocycles. The summed E-state index contributed by atoms with van der Waals surface area (Å²) in [6.07, 6.45) is 88.7. The minimum Gasteiger partial charge on any atom is -0.462 e. The molecule has 0 amide bonds. The predicted molar refractivity (Wildman–Crippen MR) is 329 cm³/mol. The molecular weight excluding hydrogens is 937 g/mol. The smallest absolute Gasteiger partial charge is 0.306 e. The van der Waals surface area contributed by atoms with Gasteiger partial charge in [-0.3, -0.25) is 14.4 Å². The standard InChI is InChI=1S/C70H114O6/c1-4-7-10-13-16-19-22-25-28-31-32-33-34-35-36-37-38-40-42-45-48-51-54-57-60-63-69(72)75-66-67(65-74-68(71)62-59-56-53-50-47-44-41-30-27-24-21-18-15-12-9-6-3)76-70(73)64-61-58-55-52-49-46-43-39-29-26-23-20-17-14-11-8-5-2/h7-8,10-11,16-17,19-21,24-26,28-30,32-33,35-36,38,40-41,67H,4-6,9,12-15,18,22-23,27,31,34,37,39,42-66H2,1-3H3/b10-7-,11-8-,19-16-,20-17-,24-21-,28-25-,29-26-,33-32-,36-35-,40-38-,41-30-. The first-order valence-electron chi connectivity index (χ1n) is 31.2.